The van der Waals surface area contributed by atoms with Gasteiger partial charge in [0, 0.05) is 51.7 Å². The molecule has 2 fully saturated rings. The Morgan fingerprint density at radius 2 is 1.39 bits per heavy atom. The highest BCUT2D eigenvalue weighted by atomic mass is 32.2. The average molecular weight is 761 g/mol. The van der Waals surface area contributed by atoms with Gasteiger partial charge in [0.15, 0.2) is 19.7 Å². The number of aromatic amines is 1. The van der Waals surface area contributed by atoms with Crippen LogP contribution in [0.3, 0.4) is 0 Å². The van der Waals surface area contributed by atoms with Crippen molar-refractivity contribution in [1.29, 1.82) is 0 Å². The Bertz CT molecular complexity index is 2530. The van der Waals surface area contributed by atoms with Crippen molar-refractivity contribution in [3.63, 3.8) is 0 Å². The molecule has 8 rings (SSSR count). The van der Waals surface area contributed by atoms with Crippen LogP contribution in [0.5, 0.6) is 0 Å². The summed E-state index contributed by atoms with van der Waals surface area (Å²) in [4.78, 5) is 8.87. The summed E-state index contributed by atoms with van der Waals surface area (Å²) in [7, 11) is -2.97. The molecule has 3 unspecified atom stereocenters. The molecular weight excluding hydrogens is 713 g/mol. The molecule has 0 radical (unpaired) electrons. The van der Waals surface area contributed by atoms with Crippen molar-refractivity contribution in [1.82, 2.24) is 19.4 Å². The quantitative estimate of drug-likeness (QED) is 0.136. The van der Waals surface area contributed by atoms with E-state index in [9.17, 15) is 16.8 Å². The Morgan fingerprint density at radius 1 is 0.741 bits per heavy atom. The third-order valence-corrected chi connectivity index (χ3v) is 14.9. The van der Waals surface area contributed by atoms with E-state index in [1.165, 1.54) is 23.8 Å². The molecule has 2 saturated heterocycles. The smallest absolute Gasteiger partial charge is 0.199 e. The third-order valence-electron chi connectivity index (χ3n) is 11.7. The van der Waals surface area contributed by atoms with E-state index in [1.54, 1.807) is 60.7 Å². The number of benzene rings is 4. The van der Waals surface area contributed by atoms with E-state index in [2.05, 4.69) is 70.1 Å². The fourth-order valence-corrected chi connectivity index (χ4v) is 11.1. The topological polar surface area (TPSA) is 95.5 Å². The maximum Gasteiger partial charge on any atom is 0.199 e. The Hall–Kier alpha value is -4.48. The minimum absolute atomic E-state index is 0.114. The summed E-state index contributed by atoms with van der Waals surface area (Å²) in [6.07, 6.45) is 12.3. The van der Waals surface area contributed by atoms with Gasteiger partial charge < -0.3 is 19.4 Å². The Kier molecular flexibility index (Phi) is 10.1. The first-order valence-electron chi connectivity index (χ1n) is 19.0. The number of nitrogens with one attached hydrogen (secondary N) is 1. The summed E-state index contributed by atoms with van der Waals surface area (Å²) in [5.41, 5.74) is 6.04. The number of rotatable bonds is 12. The summed E-state index contributed by atoms with van der Waals surface area (Å²) in [6.45, 7) is 2.15. The maximum atomic E-state index is 14.3. The monoisotopic (exact) mass is 760 g/mol. The first-order valence-corrected chi connectivity index (χ1v) is 22.2. The van der Waals surface area contributed by atoms with Crippen LogP contribution >= 0.6 is 0 Å². The van der Waals surface area contributed by atoms with Gasteiger partial charge in [-0.3, -0.25) is 0 Å². The van der Waals surface area contributed by atoms with Gasteiger partial charge in [-0.1, -0.05) is 48.5 Å². The van der Waals surface area contributed by atoms with Crippen molar-refractivity contribution in [2.75, 3.05) is 32.9 Å². The summed E-state index contributed by atoms with van der Waals surface area (Å²) in [6, 6.07) is 29.9. The number of likely N-dealkylation sites (N-methyl/N-ethyl adjacent to an activating group) is 2. The second-order valence-corrected chi connectivity index (χ2v) is 19.1. The molecule has 0 aliphatic carbocycles. The predicted molar refractivity (Wildman–Crippen MR) is 218 cm³/mol. The van der Waals surface area contributed by atoms with Gasteiger partial charge in [-0.05, 0) is 143 Å². The molecular formula is C44H48N4O4S2. The highest BCUT2D eigenvalue weighted by Gasteiger charge is 2.29. The van der Waals surface area contributed by atoms with Crippen LogP contribution in [0.2, 0.25) is 0 Å². The van der Waals surface area contributed by atoms with Crippen LogP contribution in [0.25, 0.3) is 27.9 Å². The van der Waals surface area contributed by atoms with E-state index in [4.69, 9.17) is 0 Å². The van der Waals surface area contributed by atoms with Gasteiger partial charge in [-0.25, -0.2) is 16.8 Å². The molecule has 2 aliphatic rings. The minimum Gasteiger partial charge on any atom is -0.361 e. The normalized spacial score (nSPS) is 19.4. The molecule has 0 spiro atoms. The number of hydrogen-bond acceptors (Lipinski definition) is 6. The number of nitrogens with zero attached hydrogens (tertiary/aromatic N) is 3. The highest BCUT2D eigenvalue weighted by Crippen LogP contribution is 2.36. The van der Waals surface area contributed by atoms with Crippen molar-refractivity contribution in [3.8, 4) is 0 Å². The molecule has 2 aliphatic heterocycles. The van der Waals surface area contributed by atoms with Gasteiger partial charge in [0.05, 0.1) is 21.6 Å². The number of hydrogen-bond donors (Lipinski definition) is 1. The molecule has 0 amide bonds. The van der Waals surface area contributed by atoms with Gasteiger partial charge in [-0.2, -0.15) is 0 Å². The number of likely N-dealkylation sites (tertiary alicyclic amines) is 2. The number of fused-ring (bicyclic) bond motifs is 2. The molecule has 10 heteroatoms. The fraction of sp³-hybridized carbons (Fsp3) is 0.318. The summed E-state index contributed by atoms with van der Waals surface area (Å²) < 4.78 is 57.0. The Morgan fingerprint density at radius 3 is 2.04 bits per heavy atom. The summed E-state index contributed by atoms with van der Waals surface area (Å²) in [5.74, 6) is -0.114. The molecule has 0 bridgehead atoms. The second kappa shape index (κ2) is 15.0. The molecule has 2 aromatic heterocycles. The molecule has 280 valence electrons. The molecule has 4 heterocycles. The van der Waals surface area contributed by atoms with Crippen molar-refractivity contribution in [3.05, 3.63) is 137 Å². The van der Waals surface area contributed by atoms with Crippen molar-refractivity contribution >= 4 is 47.6 Å². The second-order valence-electron chi connectivity index (χ2n) is 15.2. The van der Waals surface area contributed by atoms with Gasteiger partial charge in [-0.15, -0.1) is 0 Å². The lowest BCUT2D eigenvalue weighted by Crippen LogP contribution is -2.26. The largest absolute Gasteiger partial charge is 0.361 e. The first kappa shape index (κ1) is 36.5. The Balaban J connectivity index is 1.25. The number of sulfone groups is 2. The Labute approximate surface area is 319 Å². The van der Waals surface area contributed by atoms with Crippen molar-refractivity contribution in [2.45, 2.75) is 66.4 Å². The van der Waals surface area contributed by atoms with Crippen LogP contribution in [0.4, 0.5) is 0 Å². The maximum absolute atomic E-state index is 14.3. The zero-order chi connectivity index (χ0) is 37.5. The first-order chi connectivity index (χ1) is 26.1. The van der Waals surface area contributed by atoms with E-state index in [-0.39, 0.29) is 10.6 Å². The predicted octanol–water partition coefficient (Wildman–Crippen LogP) is 7.90. The standard InChI is InChI=1S/C44H48N4O4S2/c1-46-22-9-11-36(46)26-34-29-45-42-19-18-33(28-40(34)42)44(31-54(51,52)39-15-7-4-8-16-39)48-30-35(27-37-12-10-23-47(37)2)41-25-32(17-20-43(41)48)21-24-53(49,50)38-13-5-3-6-14-38/h3-8,13-21,24-25,28-30,36-37,44-45H,9-12,22-23,26-27,31H2,1-2H3. The minimum atomic E-state index is -3.70. The molecule has 8 nitrogen and oxygen atoms in total. The summed E-state index contributed by atoms with van der Waals surface area (Å²) >= 11 is 0. The zero-order valence-electron chi connectivity index (χ0n) is 30.9. The van der Waals surface area contributed by atoms with Gasteiger partial charge in [0.1, 0.15) is 0 Å². The molecule has 54 heavy (non-hydrogen) atoms. The van der Waals surface area contributed by atoms with Crippen LogP contribution in [-0.4, -0.2) is 81.2 Å². The lowest BCUT2D eigenvalue weighted by Gasteiger charge is -2.22. The van der Waals surface area contributed by atoms with Gasteiger partial charge in [0.25, 0.3) is 0 Å². The van der Waals surface area contributed by atoms with E-state index in [0.29, 0.717) is 17.0 Å². The molecule has 3 atom stereocenters. The fourth-order valence-electron chi connectivity index (χ4n) is 8.55. The lowest BCUT2D eigenvalue weighted by atomic mass is 10.00. The van der Waals surface area contributed by atoms with Gasteiger partial charge in [0.2, 0.25) is 0 Å². The SMILES string of the molecule is CN1CCCC1Cc1c[nH]c2ccc(C(CS(=O)(=O)c3ccccc3)n3cc(CC4CCCN4C)c4cc(C=CS(=O)(=O)c5ccccc5)ccc43)cc12. The van der Waals surface area contributed by atoms with Crippen molar-refractivity contribution < 1.29 is 16.8 Å². The summed E-state index contributed by atoms with van der Waals surface area (Å²) in [5, 5.41) is 3.41. The van der Waals surface area contributed by atoms with Crippen LogP contribution < -0.4 is 0 Å². The molecule has 6 aromatic rings. The van der Waals surface area contributed by atoms with E-state index >= 15 is 0 Å². The average Bonchev–Trinajstić information content (AvgIpc) is 3.98. The highest BCUT2D eigenvalue weighted by molar-refractivity contribution is 7.94. The van der Waals surface area contributed by atoms with E-state index < -0.39 is 25.7 Å². The number of H-pyrrole nitrogens is 1. The van der Waals surface area contributed by atoms with E-state index in [0.717, 1.165) is 77.3 Å². The van der Waals surface area contributed by atoms with Crippen LogP contribution in [0.1, 0.15) is 54.0 Å². The molecule has 1 N–H and O–H groups in total. The zero-order valence-corrected chi connectivity index (χ0v) is 32.6. The lowest BCUT2D eigenvalue weighted by molar-refractivity contribution is 0.309. The molecule has 4 aromatic carbocycles. The van der Waals surface area contributed by atoms with Gasteiger partial charge >= 0.3 is 0 Å². The van der Waals surface area contributed by atoms with Crippen LogP contribution in [-0.2, 0) is 32.5 Å². The van der Waals surface area contributed by atoms with Crippen LogP contribution in [0.15, 0.2) is 125 Å². The van der Waals surface area contributed by atoms with E-state index in [1.807, 2.05) is 18.2 Å². The molecule has 0 saturated carbocycles. The third kappa shape index (κ3) is 7.45. The van der Waals surface area contributed by atoms with Crippen LogP contribution in [0, 0.1) is 0 Å². The number of aromatic nitrogens is 2. The van der Waals surface area contributed by atoms with Crippen molar-refractivity contribution in [2.24, 2.45) is 0 Å².